The molecule has 0 spiro atoms. The molecule has 5 nitrogen and oxygen atoms in total. The molecular formula is C20H29N3O2S. The van der Waals surface area contributed by atoms with E-state index in [9.17, 15) is 5.11 Å². The van der Waals surface area contributed by atoms with Gasteiger partial charge >= 0.3 is 0 Å². The number of thiophene rings is 1. The highest BCUT2D eigenvalue weighted by molar-refractivity contribution is 7.09. The van der Waals surface area contributed by atoms with Gasteiger partial charge in [0.1, 0.15) is 11.5 Å². The molecule has 0 saturated heterocycles. The fraction of sp³-hybridized carbons (Fsp3) is 0.450. The summed E-state index contributed by atoms with van der Waals surface area (Å²) in [6, 6.07) is 9.66. The van der Waals surface area contributed by atoms with E-state index in [2.05, 4.69) is 42.0 Å². The van der Waals surface area contributed by atoms with Gasteiger partial charge in [0.05, 0.1) is 7.11 Å². The molecule has 1 heterocycles. The standard InChI is InChI=1S/C20H29N3O2S/c1-4-21-20(23-14-15(2)12-18-6-5-11-26-18)22-10-9-16-7-8-17(25-3)13-19(16)24/h5-8,11,13,15,24H,4,9-10,12,14H2,1-3H3,(H2,21,22,23). The van der Waals surface area contributed by atoms with E-state index in [0.29, 0.717) is 24.6 Å². The van der Waals surface area contributed by atoms with Crippen molar-refractivity contribution >= 4 is 17.3 Å². The van der Waals surface area contributed by atoms with Gasteiger partial charge in [0.2, 0.25) is 0 Å². The Morgan fingerprint density at radius 3 is 2.81 bits per heavy atom. The summed E-state index contributed by atoms with van der Waals surface area (Å²) < 4.78 is 5.11. The number of nitrogens with zero attached hydrogens (tertiary/aromatic N) is 1. The zero-order valence-electron chi connectivity index (χ0n) is 15.8. The van der Waals surface area contributed by atoms with Crippen molar-refractivity contribution in [3.63, 3.8) is 0 Å². The van der Waals surface area contributed by atoms with Gasteiger partial charge in [-0.2, -0.15) is 0 Å². The molecule has 1 aromatic carbocycles. The largest absolute Gasteiger partial charge is 0.508 e. The molecule has 1 aromatic heterocycles. The summed E-state index contributed by atoms with van der Waals surface area (Å²) >= 11 is 1.80. The third-order valence-corrected chi connectivity index (χ3v) is 4.91. The average Bonchev–Trinajstić information content (AvgIpc) is 3.13. The molecule has 0 fully saturated rings. The molecule has 26 heavy (non-hydrogen) atoms. The predicted molar refractivity (Wildman–Crippen MR) is 110 cm³/mol. The number of hydrogen-bond acceptors (Lipinski definition) is 4. The van der Waals surface area contributed by atoms with E-state index in [0.717, 1.165) is 31.0 Å². The molecule has 6 heteroatoms. The summed E-state index contributed by atoms with van der Waals surface area (Å²) in [7, 11) is 1.59. The second kappa shape index (κ2) is 10.7. The Balaban J connectivity index is 1.83. The molecule has 1 unspecified atom stereocenters. The second-order valence-corrected chi connectivity index (χ2v) is 7.31. The smallest absolute Gasteiger partial charge is 0.191 e. The summed E-state index contributed by atoms with van der Waals surface area (Å²) in [6.45, 7) is 6.58. The van der Waals surface area contributed by atoms with Crippen molar-refractivity contribution in [1.82, 2.24) is 10.6 Å². The number of hydrogen-bond donors (Lipinski definition) is 3. The van der Waals surface area contributed by atoms with Gasteiger partial charge in [0.25, 0.3) is 0 Å². The Labute approximate surface area is 160 Å². The zero-order chi connectivity index (χ0) is 18.8. The van der Waals surface area contributed by atoms with Gasteiger partial charge in [0.15, 0.2) is 5.96 Å². The van der Waals surface area contributed by atoms with Gasteiger partial charge < -0.3 is 20.5 Å². The first-order valence-corrected chi connectivity index (χ1v) is 9.90. The normalized spacial score (nSPS) is 12.7. The van der Waals surface area contributed by atoms with E-state index in [1.165, 1.54) is 4.88 Å². The molecule has 0 bridgehead atoms. The van der Waals surface area contributed by atoms with Crippen molar-refractivity contribution in [2.45, 2.75) is 26.7 Å². The third-order valence-electron chi connectivity index (χ3n) is 4.01. The fourth-order valence-corrected chi connectivity index (χ4v) is 3.49. The monoisotopic (exact) mass is 375 g/mol. The van der Waals surface area contributed by atoms with E-state index in [1.54, 1.807) is 24.5 Å². The lowest BCUT2D eigenvalue weighted by molar-refractivity contribution is 0.406. The number of methoxy groups -OCH3 is 1. The SMILES string of the molecule is CCNC(=NCC(C)Cc1cccs1)NCCc1ccc(OC)cc1O. The first kappa shape index (κ1) is 20.1. The van der Waals surface area contributed by atoms with Crippen LogP contribution in [0.5, 0.6) is 11.5 Å². The van der Waals surface area contributed by atoms with Gasteiger partial charge in [-0.1, -0.05) is 19.1 Å². The van der Waals surface area contributed by atoms with E-state index < -0.39 is 0 Å². The lowest BCUT2D eigenvalue weighted by atomic mass is 10.1. The van der Waals surface area contributed by atoms with Crippen molar-refractivity contribution in [3.8, 4) is 11.5 Å². The Morgan fingerprint density at radius 2 is 2.15 bits per heavy atom. The lowest BCUT2D eigenvalue weighted by Crippen LogP contribution is -2.38. The van der Waals surface area contributed by atoms with Gasteiger partial charge in [0, 0.05) is 30.6 Å². The van der Waals surface area contributed by atoms with Crippen LogP contribution in [-0.2, 0) is 12.8 Å². The Kier molecular flexibility index (Phi) is 8.28. The van der Waals surface area contributed by atoms with Crippen LogP contribution in [0.25, 0.3) is 0 Å². The minimum atomic E-state index is 0.262. The minimum absolute atomic E-state index is 0.262. The highest BCUT2D eigenvalue weighted by Gasteiger charge is 2.06. The van der Waals surface area contributed by atoms with E-state index in [-0.39, 0.29) is 5.75 Å². The highest BCUT2D eigenvalue weighted by atomic mass is 32.1. The highest BCUT2D eigenvalue weighted by Crippen LogP contribution is 2.23. The number of phenolic OH excluding ortho intramolecular Hbond substituents is 1. The van der Waals surface area contributed by atoms with Crippen molar-refractivity contribution in [3.05, 3.63) is 46.2 Å². The molecular weight excluding hydrogens is 346 g/mol. The molecule has 142 valence electrons. The average molecular weight is 376 g/mol. The molecule has 1 atom stereocenters. The quantitative estimate of drug-likeness (QED) is 0.464. The van der Waals surface area contributed by atoms with Gasteiger partial charge in [-0.05, 0) is 48.8 Å². The third kappa shape index (κ3) is 6.59. The van der Waals surface area contributed by atoms with Gasteiger partial charge in [-0.25, -0.2) is 0 Å². The first-order chi connectivity index (χ1) is 12.6. The molecule has 0 radical (unpaired) electrons. The maximum atomic E-state index is 10.0. The molecule has 2 aromatic rings. The van der Waals surface area contributed by atoms with Crippen LogP contribution >= 0.6 is 11.3 Å². The van der Waals surface area contributed by atoms with Crippen LogP contribution in [0.4, 0.5) is 0 Å². The zero-order valence-corrected chi connectivity index (χ0v) is 16.6. The molecule has 2 rings (SSSR count). The lowest BCUT2D eigenvalue weighted by Gasteiger charge is -2.14. The molecule has 0 amide bonds. The van der Waals surface area contributed by atoms with Crippen molar-refractivity contribution in [2.24, 2.45) is 10.9 Å². The van der Waals surface area contributed by atoms with Crippen LogP contribution in [-0.4, -0.2) is 37.8 Å². The summed E-state index contributed by atoms with van der Waals surface area (Å²) in [5, 5.41) is 18.8. The number of ether oxygens (including phenoxy) is 1. The predicted octanol–water partition coefficient (Wildman–Crippen LogP) is 3.44. The summed E-state index contributed by atoms with van der Waals surface area (Å²) in [4.78, 5) is 6.09. The summed E-state index contributed by atoms with van der Waals surface area (Å²) in [6.07, 6.45) is 1.77. The van der Waals surface area contributed by atoms with Crippen LogP contribution in [0.1, 0.15) is 24.3 Å². The number of guanidine groups is 1. The minimum Gasteiger partial charge on any atom is -0.508 e. The number of nitrogens with one attached hydrogen (secondary N) is 2. The Bertz CT molecular complexity index is 686. The van der Waals surface area contributed by atoms with Crippen LogP contribution in [0.3, 0.4) is 0 Å². The van der Waals surface area contributed by atoms with Crippen LogP contribution < -0.4 is 15.4 Å². The number of benzene rings is 1. The number of aliphatic imine (C=N–C) groups is 1. The summed E-state index contributed by atoms with van der Waals surface area (Å²) in [5.41, 5.74) is 0.889. The molecule has 0 aliphatic rings. The number of rotatable bonds is 9. The van der Waals surface area contributed by atoms with Gasteiger partial charge in [-0.15, -0.1) is 11.3 Å². The molecule has 0 saturated carbocycles. The van der Waals surface area contributed by atoms with E-state index in [4.69, 9.17) is 9.73 Å². The van der Waals surface area contributed by atoms with E-state index in [1.807, 2.05) is 12.1 Å². The van der Waals surface area contributed by atoms with Crippen LogP contribution in [0, 0.1) is 5.92 Å². The Morgan fingerprint density at radius 1 is 1.31 bits per heavy atom. The number of phenols is 1. The van der Waals surface area contributed by atoms with Gasteiger partial charge in [-0.3, -0.25) is 4.99 Å². The topological polar surface area (TPSA) is 65.9 Å². The fourth-order valence-electron chi connectivity index (χ4n) is 2.62. The molecule has 0 aliphatic heterocycles. The number of aromatic hydroxyl groups is 1. The second-order valence-electron chi connectivity index (χ2n) is 6.28. The van der Waals surface area contributed by atoms with Crippen LogP contribution in [0.2, 0.25) is 0 Å². The maximum Gasteiger partial charge on any atom is 0.191 e. The van der Waals surface area contributed by atoms with Crippen molar-refractivity contribution < 1.29 is 9.84 Å². The summed E-state index contributed by atoms with van der Waals surface area (Å²) in [5.74, 6) is 2.24. The van der Waals surface area contributed by atoms with Crippen molar-refractivity contribution in [2.75, 3.05) is 26.7 Å². The molecule has 0 aliphatic carbocycles. The first-order valence-electron chi connectivity index (χ1n) is 9.02. The molecule has 3 N–H and O–H groups in total. The Hall–Kier alpha value is -2.21. The van der Waals surface area contributed by atoms with Crippen molar-refractivity contribution in [1.29, 1.82) is 0 Å². The van der Waals surface area contributed by atoms with Crippen LogP contribution in [0.15, 0.2) is 40.7 Å². The maximum absolute atomic E-state index is 10.0. The van der Waals surface area contributed by atoms with E-state index >= 15 is 0 Å².